The van der Waals surface area contributed by atoms with Crippen LogP contribution >= 0.6 is 15.9 Å². The highest BCUT2D eigenvalue weighted by Gasteiger charge is 2.10. The largest absolute Gasteiger partial charge is 0.495 e. The van der Waals surface area contributed by atoms with Gasteiger partial charge in [0.25, 0.3) is 0 Å². The highest BCUT2D eigenvalue weighted by molar-refractivity contribution is 9.10. The van der Waals surface area contributed by atoms with E-state index in [0.29, 0.717) is 11.4 Å². The Morgan fingerprint density at radius 1 is 1.24 bits per heavy atom. The van der Waals surface area contributed by atoms with Crippen molar-refractivity contribution in [1.82, 2.24) is 0 Å². The van der Waals surface area contributed by atoms with Crippen LogP contribution in [0.2, 0.25) is 0 Å². The Morgan fingerprint density at radius 3 is 2.62 bits per heavy atom. The van der Waals surface area contributed by atoms with Crippen LogP contribution < -0.4 is 10.1 Å². The molecule has 1 N–H and O–H groups in total. The van der Waals surface area contributed by atoms with Crippen molar-refractivity contribution in [3.8, 4) is 5.75 Å². The molecule has 0 saturated heterocycles. The van der Waals surface area contributed by atoms with Gasteiger partial charge in [0.2, 0.25) is 0 Å². The van der Waals surface area contributed by atoms with E-state index in [0.717, 1.165) is 15.6 Å². The van der Waals surface area contributed by atoms with Crippen LogP contribution in [0.1, 0.15) is 11.1 Å². The molecule has 0 radical (unpaired) electrons. The number of benzene rings is 2. The van der Waals surface area contributed by atoms with Crippen molar-refractivity contribution in [3.05, 3.63) is 58.1 Å². The molecule has 0 heterocycles. The average molecular weight is 350 g/mol. The molecular formula is C16H16BrNO3. The smallest absolute Gasteiger partial charge is 0.411 e. The summed E-state index contributed by atoms with van der Waals surface area (Å²) in [6.07, 6.45) is -0.494. The number of rotatable bonds is 4. The third-order valence-corrected chi connectivity index (χ3v) is 3.57. The van der Waals surface area contributed by atoms with Gasteiger partial charge in [-0.05, 0) is 40.0 Å². The summed E-state index contributed by atoms with van der Waals surface area (Å²) in [5.41, 5.74) is 2.52. The number of nitrogens with one attached hydrogen (secondary N) is 1. The van der Waals surface area contributed by atoms with E-state index < -0.39 is 6.09 Å². The van der Waals surface area contributed by atoms with Crippen molar-refractivity contribution >= 4 is 27.7 Å². The predicted molar refractivity (Wildman–Crippen MR) is 85.7 cm³/mol. The number of hydrogen-bond acceptors (Lipinski definition) is 3. The Kier molecular flexibility index (Phi) is 5.22. The SMILES string of the molecule is COc1cc(NC(=O)OCc2ccccc2)c(C)cc1Br. The lowest BCUT2D eigenvalue weighted by Gasteiger charge is -2.12. The summed E-state index contributed by atoms with van der Waals surface area (Å²) in [6.45, 7) is 2.14. The molecule has 2 aromatic carbocycles. The number of amides is 1. The van der Waals surface area contributed by atoms with Crippen LogP contribution in [0.5, 0.6) is 5.75 Å². The fourth-order valence-electron chi connectivity index (χ4n) is 1.81. The third-order valence-electron chi connectivity index (χ3n) is 2.95. The first-order valence-electron chi connectivity index (χ1n) is 6.42. The van der Waals surface area contributed by atoms with E-state index in [-0.39, 0.29) is 6.61 Å². The second-order valence-electron chi connectivity index (χ2n) is 4.49. The molecule has 0 aliphatic rings. The predicted octanol–water partition coefficient (Wildman–Crippen LogP) is 4.51. The standard InChI is InChI=1S/C16H16BrNO3/c1-11-8-13(17)15(20-2)9-14(11)18-16(19)21-10-12-6-4-3-5-7-12/h3-9H,10H2,1-2H3,(H,18,19). The van der Waals surface area contributed by atoms with E-state index in [2.05, 4.69) is 21.2 Å². The lowest BCUT2D eigenvalue weighted by molar-refractivity contribution is 0.155. The summed E-state index contributed by atoms with van der Waals surface area (Å²) in [4.78, 5) is 11.8. The van der Waals surface area contributed by atoms with Crippen molar-refractivity contribution in [2.75, 3.05) is 12.4 Å². The van der Waals surface area contributed by atoms with Crippen LogP contribution in [0.15, 0.2) is 46.9 Å². The van der Waals surface area contributed by atoms with Crippen molar-refractivity contribution < 1.29 is 14.3 Å². The molecule has 0 aromatic heterocycles. The Morgan fingerprint density at radius 2 is 1.95 bits per heavy atom. The quantitative estimate of drug-likeness (QED) is 0.882. The first kappa shape index (κ1) is 15.4. The Labute approximate surface area is 132 Å². The minimum atomic E-state index is -0.494. The van der Waals surface area contributed by atoms with Crippen LogP contribution in [0.3, 0.4) is 0 Å². The van der Waals surface area contributed by atoms with Crippen LogP contribution in [0, 0.1) is 6.92 Å². The molecule has 0 bridgehead atoms. The van der Waals surface area contributed by atoms with Crippen LogP contribution in [0.4, 0.5) is 10.5 Å². The number of carbonyl (C=O) groups is 1. The molecule has 0 saturated carbocycles. The maximum atomic E-state index is 11.8. The first-order valence-corrected chi connectivity index (χ1v) is 7.21. The monoisotopic (exact) mass is 349 g/mol. The normalized spacial score (nSPS) is 10.0. The number of anilines is 1. The molecule has 0 fully saturated rings. The zero-order chi connectivity index (χ0) is 15.2. The van der Waals surface area contributed by atoms with Crippen LogP contribution in [0.25, 0.3) is 0 Å². The van der Waals surface area contributed by atoms with E-state index in [9.17, 15) is 4.79 Å². The van der Waals surface area contributed by atoms with Gasteiger partial charge < -0.3 is 9.47 Å². The molecule has 0 spiro atoms. The number of aryl methyl sites for hydroxylation is 1. The minimum absolute atomic E-state index is 0.235. The van der Waals surface area contributed by atoms with E-state index in [1.807, 2.05) is 43.3 Å². The Bertz CT molecular complexity index is 629. The van der Waals surface area contributed by atoms with Gasteiger partial charge in [-0.25, -0.2) is 4.79 Å². The van der Waals surface area contributed by atoms with Gasteiger partial charge in [-0.2, -0.15) is 0 Å². The van der Waals surface area contributed by atoms with Gasteiger partial charge in [0, 0.05) is 6.07 Å². The number of methoxy groups -OCH3 is 1. The molecule has 0 atom stereocenters. The van der Waals surface area contributed by atoms with Gasteiger partial charge in [-0.3, -0.25) is 5.32 Å². The van der Waals surface area contributed by atoms with Crippen molar-refractivity contribution in [2.24, 2.45) is 0 Å². The second-order valence-corrected chi connectivity index (χ2v) is 5.34. The van der Waals surface area contributed by atoms with Crippen molar-refractivity contribution in [2.45, 2.75) is 13.5 Å². The minimum Gasteiger partial charge on any atom is -0.495 e. The van der Waals surface area contributed by atoms with Gasteiger partial charge in [-0.15, -0.1) is 0 Å². The van der Waals surface area contributed by atoms with Crippen LogP contribution in [-0.2, 0) is 11.3 Å². The van der Waals surface area contributed by atoms with Gasteiger partial charge >= 0.3 is 6.09 Å². The van der Waals surface area contributed by atoms with E-state index >= 15 is 0 Å². The Hall–Kier alpha value is -2.01. The number of carbonyl (C=O) groups excluding carboxylic acids is 1. The molecule has 0 aliphatic carbocycles. The zero-order valence-corrected chi connectivity index (χ0v) is 13.4. The summed E-state index contributed by atoms with van der Waals surface area (Å²) in [5, 5.41) is 2.72. The van der Waals surface area contributed by atoms with E-state index in [4.69, 9.17) is 9.47 Å². The Balaban J connectivity index is 1.99. The summed E-state index contributed by atoms with van der Waals surface area (Å²) in [6, 6.07) is 13.2. The highest BCUT2D eigenvalue weighted by Crippen LogP contribution is 2.31. The molecule has 21 heavy (non-hydrogen) atoms. The highest BCUT2D eigenvalue weighted by atomic mass is 79.9. The number of hydrogen-bond donors (Lipinski definition) is 1. The third kappa shape index (κ3) is 4.23. The molecule has 2 rings (SSSR count). The molecule has 0 aliphatic heterocycles. The zero-order valence-electron chi connectivity index (χ0n) is 11.9. The fraction of sp³-hybridized carbons (Fsp3) is 0.188. The molecule has 5 heteroatoms. The lowest BCUT2D eigenvalue weighted by Crippen LogP contribution is -2.14. The maximum Gasteiger partial charge on any atom is 0.411 e. The molecule has 1 amide bonds. The van der Waals surface area contributed by atoms with Crippen molar-refractivity contribution in [3.63, 3.8) is 0 Å². The van der Waals surface area contributed by atoms with E-state index in [1.54, 1.807) is 13.2 Å². The van der Waals surface area contributed by atoms with Gasteiger partial charge in [-0.1, -0.05) is 30.3 Å². The number of halogens is 1. The summed E-state index contributed by atoms with van der Waals surface area (Å²) < 4.78 is 11.2. The van der Waals surface area contributed by atoms with Crippen LogP contribution in [-0.4, -0.2) is 13.2 Å². The van der Waals surface area contributed by atoms with Gasteiger partial charge in [0.05, 0.1) is 17.3 Å². The van der Waals surface area contributed by atoms with Gasteiger partial charge in [0.15, 0.2) is 0 Å². The average Bonchev–Trinajstić information content (AvgIpc) is 2.49. The van der Waals surface area contributed by atoms with Gasteiger partial charge in [0.1, 0.15) is 12.4 Å². The maximum absolute atomic E-state index is 11.8. The lowest BCUT2D eigenvalue weighted by atomic mass is 10.2. The molecule has 2 aromatic rings. The molecular weight excluding hydrogens is 334 g/mol. The topological polar surface area (TPSA) is 47.6 Å². The summed E-state index contributed by atoms with van der Waals surface area (Å²) in [7, 11) is 1.58. The fourth-order valence-corrected chi connectivity index (χ4v) is 2.43. The molecule has 0 unspecified atom stereocenters. The second kappa shape index (κ2) is 7.13. The molecule has 110 valence electrons. The molecule has 4 nitrogen and oxygen atoms in total. The number of ether oxygens (including phenoxy) is 2. The van der Waals surface area contributed by atoms with Crippen molar-refractivity contribution in [1.29, 1.82) is 0 Å². The summed E-state index contributed by atoms with van der Waals surface area (Å²) in [5.74, 6) is 0.652. The summed E-state index contributed by atoms with van der Waals surface area (Å²) >= 11 is 3.40. The first-order chi connectivity index (χ1) is 10.1. The van der Waals surface area contributed by atoms with E-state index in [1.165, 1.54) is 0 Å².